The van der Waals surface area contributed by atoms with E-state index in [1.165, 1.54) is 4.90 Å². The lowest BCUT2D eigenvalue weighted by Crippen LogP contribution is -2.56. The molecule has 40 heavy (non-hydrogen) atoms. The number of aryl methyl sites for hydroxylation is 1. The molecule has 0 fully saturated rings. The van der Waals surface area contributed by atoms with Gasteiger partial charge in [0.05, 0.1) is 18.7 Å². The molecule has 3 aromatic rings. The normalized spacial score (nSPS) is 16.1. The van der Waals surface area contributed by atoms with Crippen molar-refractivity contribution in [3.8, 4) is 0 Å². The summed E-state index contributed by atoms with van der Waals surface area (Å²) in [7, 11) is 0. The van der Waals surface area contributed by atoms with Gasteiger partial charge in [-0.25, -0.2) is 4.79 Å². The largest absolute Gasteiger partial charge is 0.351 e. The molecule has 3 N–H and O–H groups in total. The zero-order valence-electron chi connectivity index (χ0n) is 22.7. The molecule has 210 valence electrons. The van der Waals surface area contributed by atoms with E-state index < -0.39 is 29.7 Å². The number of hydrogen-bond donors (Lipinski definition) is 3. The Hall–Kier alpha value is -3.92. The Kier molecular flexibility index (Phi) is 9.42. The first-order valence-corrected chi connectivity index (χ1v) is 13.5. The molecule has 1 aliphatic heterocycles. The van der Waals surface area contributed by atoms with Crippen LogP contribution in [0.1, 0.15) is 31.4 Å². The van der Waals surface area contributed by atoms with Crippen molar-refractivity contribution in [1.82, 2.24) is 5.32 Å². The highest BCUT2D eigenvalue weighted by Crippen LogP contribution is 2.43. The molecular weight excluding hydrogens is 532 g/mol. The molecule has 0 saturated heterocycles. The van der Waals surface area contributed by atoms with Crippen LogP contribution in [-0.4, -0.2) is 43.9 Å². The number of carbonyl (C=O) groups is 3. The summed E-state index contributed by atoms with van der Waals surface area (Å²) in [5.74, 6) is -0.915. The molecule has 1 aliphatic rings. The zero-order chi connectivity index (χ0) is 28.7. The van der Waals surface area contributed by atoms with E-state index in [9.17, 15) is 14.4 Å². The van der Waals surface area contributed by atoms with Crippen LogP contribution in [0.2, 0.25) is 5.02 Å². The second kappa shape index (κ2) is 13.0. The van der Waals surface area contributed by atoms with Crippen LogP contribution < -0.4 is 20.9 Å². The van der Waals surface area contributed by atoms with Gasteiger partial charge in [-0.15, -0.1) is 0 Å². The standard InChI is InChI=1S/C30H33ClN4O5/c1-4-39-27(40-5-2)19-35-25-12-7-6-11-24(25)30(28(35)37,18-26(36)32-22-15-13-20(3)14-16-22)34-29(38)33-23-10-8-9-21(31)17-23/h6-17,27H,4-5,18-19H2,1-3H3,(H,32,36)(H2,33,34,38). The predicted octanol–water partition coefficient (Wildman–Crippen LogP) is 5.44. The maximum atomic E-state index is 14.3. The second-order valence-corrected chi connectivity index (χ2v) is 9.80. The van der Waals surface area contributed by atoms with Crippen molar-refractivity contribution >= 4 is 46.5 Å². The number of hydrogen-bond acceptors (Lipinski definition) is 5. The van der Waals surface area contributed by atoms with Crippen LogP contribution in [-0.2, 0) is 24.6 Å². The van der Waals surface area contributed by atoms with Crippen molar-refractivity contribution in [2.24, 2.45) is 0 Å². The van der Waals surface area contributed by atoms with Crippen molar-refractivity contribution < 1.29 is 23.9 Å². The molecule has 1 heterocycles. The fraction of sp³-hybridized carbons (Fsp3) is 0.300. The van der Waals surface area contributed by atoms with Crippen LogP contribution in [0.5, 0.6) is 0 Å². The van der Waals surface area contributed by atoms with Crippen LogP contribution in [0, 0.1) is 6.92 Å². The smallest absolute Gasteiger partial charge is 0.320 e. The van der Waals surface area contributed by atoms with Crippen LogP contribution >= 0.6 is 11.6 Å². The van der Waals surface area contributed by atoms with Gasteiger partial charge in [-0.2, -0.15) is 0 Å². The summed E-state index contributed by atoms with van der Waals surface area (Å²) in [6, 6.07) is 20.4. The van der Waals surface area contributed by atoms with Crippen molar-refractivity contribution in [2.45, 2.75) is 39.0 Å². The molecule has 0 aromatic heterocycles. The van der Waals surface area contributed by atoms with Crippen LogP contribution in [0.15, 0.2) is 72.8 Å². The van der Waals surface area contributed by atoms with Gasteiger partial charge in [0, 0.05) is 35.2 Å². The molecule has 1 atom stereocenters. The second-order valence-electron chi connectivity index (χ2n) is 9.36. The van der Waals surface area contributed by atoms with Gasteiger partial charge in [-0.1, -0.05) is 53.6 Å². The molecule has 1 unspecified atom stereocenters. The summed E-state index contributed by atoms with van der Waals surface area (Å²) >= 11 is 6.08. The number of urea groups is 1. The zero-order valence-corrected chi connectivity index (χ0v) is 23.5. The number of ether oxygens (including phenoxy) is 2. The van der Waals surface area contributed by atoms with Crippen molar-refractivity contribution in [1.29, 1.82) is 0 Å². The van der Waals surface area contributed by atoms with E-state index in [0.29, 0.717) is 40.9 Å². The summed E-state index contributed by atoms with van der Waals surface area (Å²) in [4.78, 5) is 42.5. The van der Waals surface area contributed by atoms with E-state index in [2.05, 4.69) is 16.0 Å². The van der Waals surface area contributed by atoms with Crippen molar-refractivity contribution in [3.63, 3.8) is 0 Å². The molecule has 9 nitrogen and oxygen atoms in total. The highest BCUT2D eigenvalue weighted by molar-refractivity contribution is 6.30. The quantitative estimate of drug-likeness (QED) is 0.269. The Balaban J connectivity index is 1.69. The molecule has 0 bridgehead atoms. The molecule has 10 heteroatoms. The van der Waals surface area contributed by atoms with Crippen molar-refractivity contribution in [3.05, 3.63) is 88.9 Å². The maximum absolute atomic E-state index is 14.3. The monoisotopic (exact) mass is 564 g/mol. The lowest BCUT2D eigenvalue weighted by Gasteiger charge is -2.30. The average Bonchev–Trinajstić information content (AvgIpc) is 3.13. The van der Waals surface area contributed by atoms with Gasteiger partial charge in [0.15, 0.2) is 11.8 Å². The molecule has 0 spiro atoms. The number of anilines is 3. The van der Waals surface area contributed by atoms with Gasteiger partial charge < -0.3 is 30.3 Å². The van der Waals surface area contributed by atoms with E-state index >= 15 is 0 Å². The maximum Gasteiger partial charge on any atom is 0.320 e. The number of halogens is 1. The number of carbonyl (C=O) groups excluding carboxylic acids is 3. The third-order valence-corrected chi connectivity index (χ3v) is 6.71. The number of nitrogens with zero attached hydrogens (tertiary/aromatic N) is 1. The summed E-state index contributed by atoms with van der Waals surface area (Å²) in [5, 5.41) is 8.85. The number of amides is 4. The van der Waals surface area contributed by atoms with Gasteiger partial charge >= 0.3 is 6.03 Å². The van der Waals surface area contributed by atoms with Crippen LogP contribution in [0.4, 0.5) is 21.9 Å². The molecule has 3 aromatic carbocycles. The number of para-hydroxylation sites is 1. The topological polar surface area (TPSA) is 109 Å². The van der Waals surface area contributed by atoms with E-state index in [1.54, 1.807) is 60.7 Å². The van der Waals surface area contributed by atoms with E-state index in [4.69, 9.17) is 21.1 Å². The van der Waals surface area contributed by atoms with Gasteiger partial charge in [-0.3, -0.25) is 9.59 Å². The lowest BCUT2D eigenvalue weighted by molar-refractivity contribution is -0.138. The third-order valence-electron chi connectivity index (χ3n) is 6.47. The average molecular weight is 565 g/mol. The molecule has 0 aliphatic carbocycles. The fourth-order valence-corrected chi connectivity index (χ4v) is 4.91. The van der Waals surface area contributed by atoms with E-state index in [-0.39, 0.29) is 13.0 Å². The number of nitrogens with one attached hydrogen (secondary N) is 3. The lowest BCUT2D eigenvalue weighted by atomic mass is 9.87. The minimum atomic E-state index is -1.70. The molecule has 0 radical (unpaired) electrons. The molecule has 4 rings (SSSR count). The summed E-state index contributed by atoms with van der Waals surface area (Å²) in [5.41, 5.74) is 1.42. The molecular formula is C30H33ClN4O5. The molecule has 4 amide bonds. The minimum absolute atomic E-state index is 0.0798. The van der Waals surface area contributed by atoms with Crippen molar-refractivity contribution in [2.75, 3.05) is 35.3 Å². The summed E-state index contributed by atoms with van der Waals surface area (Å²) in [6.07, 6.45) is -1.03. The third kappa shape index (κ3) is 6.62. The number of rotatable bonds is 11. The fourth-order valence-electron chi connectivity index (χ4n) is 4.72. The molecule has 0 saturated carbocycles. The Morgan fingerprint density at radius 3 is 2.30 bits per heavy atom. The first kappa shape index (κ1) is 29.1. The highest BCUT2D eigenvalue weighted by atomic mass is 35.5. The van der Waals surface area contributed by atoms with Gasteiger partial charge in [-0.05, 0) is 57.2 Å². The first-order chi connectivity index (χ1) is 19.3. The number of fused-ring (bicyclic) bond motifs is 1. The highest BCUT2D eigenvalue weighted by Gasteiger charge is 2.53. The van der Waals surface area contributed by atoms with E-state index in [1.807, 2.05) is 32.9 Å². The SMILES string of the molecule is CCOC(CN1C(=O)C(CC(=O)Nc2ccc(C)cc2)(NC(=O)Nc2cccc(Cl)c2)c2ccccc21)OCC. The Bertz CT molecular complexity index is 1360. The first-order valence-electron chi connectivity index (χ1n) is 13.1. The Morgan fingerprint density at radius 1 is 0.925 bits per heavy atom. The predicted molar refractivity (Wildman–Crippen MR) is 156 cm³/mol. The summed E-state index contributed by atoms with van der Waals surface area (Å²) < 4.78 is 11.4. The van der Waals surface area contributed by atoms with E-state index in [0.717, 1.165) is 5.56 Å². The summed E-state index contributed by atoms with van der Waals surface area (Å²) in [6.45, 7) is 6.48. The van der Waals surface area contributed by atoms with Gasteiger partial charge in [0.1, 0.15) is 0 Å². The number of benzene rings is 3. The van der Waals surface area contributed by atoms with Gasteiger partial charge in [0.25, 0.3) is 5.91 Å². The van der Waals surface area contributed by atoms with Crippen LogP contribution in [0.3, 0.4) is 0 Å². The Morgan fingerprint density at radius 2 is 1.62 bits per heavy atom. The minimum Gasteiger partial charge on any atom is -0.351 e. The van der Waals surface area contributed by atoms with Crippen LogP contribution in [0.25, 0.3) is 0 Å². The Labute approximate surface area is 238 Å². The van der Waals surface area contributed by atoms with Gasteiger partial charge in [0.2, 0.25) is 5.91 Å².